The van der Waals surface area contributed by atoms with Gasteiger partial charge in [0.05, 0.1) is 12.7 Å². The Morgan fingerprint density at radius 1 is 1.60 bits per heavy atom. The lowest BCUT2D eigenvalue weighted by Crippen LogP contribution is -2.46. The molecule has 110 valence electrons. The summed E-state index contributed by atoms with van der Waals surface area (Å²) < 4.78 is 5.73. The molecule has 1 aromatic heterocycles. The number of aliphatic hydroxyl groups excluding tert-OH is 1. The van der Waals surface area contributed by atoms with Gasteiger partial charge in [0.2, 0.25) is 0 Å². The average Bonchev–Trinajstić information content (AvgIpc) is 3.06. The van der Waals surface area contributed by atoms with Crippen LogP contribution in [-0.2, 0) is 4.74 Å². The number of ether oxygens (including phenoxy) is 1. The Bertz CT molecular complexity index is 450. The SMILES string of the molecule is O=C(N[C@H]1C[C@H]2CO[C@@H](CCO)CN2C1)c1ccn[nH]1. The third-order valence-electron chi connectivity index (χ3n) is 4.02. The van der Waals surface area contributed by atoms with Gasteiger partial charge in [-0.25, -0.2) is 0 Å². The summed E-state index contributed by atoms with van der Waals surface area (Å²) in [6.07, 6.45) is 3.26. The van der Waals surface area contributed by atoms with Crippen LogP contribution in [-0.4, -0.2) is 70.6 Å². The van der Waals surface area contributed by atoms with Gasteiger partial charge in [-0.15, -0.1) is 0 Å². The molecule has 7 heteroatoms. The van der Waals surface area contributed by atoms with Gasteiger partial charge in [-0.1, -0.05) is 0 Å². The van der Waals surface area contributed by atoms with E-state index >= 15 is 0 Å². The number of amides is 1. The Balaban J connectivity index is 1.53. The van der Waals surface area contributed by atoms with E-state index in [1.54, 1.807) is 12.3 Å². The molecular formula is C13H20N4O3. The number of nitrogens with zero attached hydrogens (tertiary/aromatic N) is 2. The van der Waals surface area contributed by atoms with Crippen molar-refractivity contribution in [1.82, 2.24) is 20.4 Å². The zero-order valence-corrected chi connectivity index (χ0v) is 11.3. The van der Waals surface area contributed by atoms with Crippen LogP contribution in [0, 0.1) is 0 Å². The number of morpholine rings is 1. The Morgan fingerprint density at radius 3 is 3.25 bits per heavy atom. The number of aromatic nitrogens is 2. The topological polar surface area (TPSA) is 90.5 Å². The monoisotopic (exact) mass is 280 g/mol. The van der Waals surface area contributed by atoms with Crippen molar-refractivity contribution in [3.05, 3.63) is 18.0 Å². The van der Waals surface area contributed by atoms with Gasteiger partial charge in [0.25, 0.3) is 5.91 Å². The molecule has 3 atom stereocenters. The van der Waals surface area contributed by atoms with Crippen LogP contribution in [0.4, 0.5) is 0 Å². The molecule has 2 aliphatic rings. The lowest BCUT2D eigenvalue weighted by Gasteiger charge is -2.34. The van der Waals surface area contributed by atoms with Crippen molar-refractivity contribution in [3.8, 4) is 0 Å². The molecule has 1 amide bonds. The molecule has 0 aliphatic carbocycles. The van der Waals surface area contributed by atoms with Crippen LogP contribution in [0.25, 0.3) is 0 Å². The second-order valence-corrected chi connectivity index (χ2v) is 5.45. The van der Waals surface area contributed by atoms with E-state index in [1.807, 2.05) is 0 Å². The summed E-state index contributed by atoms with van der Waals surface area (Å²) in [5.41, 5.74) is 0.490. The van der Waals surface area contributed by atoms with Gasteiger partial charge in [-0.2, -0.15) is 5.10 Å². The van der Waals surface area contributed by atoms with Crippen molar-refractivity contribution in [2.75, 3.05) is 26.3 Å². The first kappa shape index (κ1) is 13.5. The number of aromatic amines is 1. The molecular weight excluding hydrogens is 260 g/mol. The van der Waals surface area contributed by atoms with Gasteiger partial charge in [-0.3, -0.25) is 14.8 Å². The van der Waals surface area contributed by atoms with Gasteiger partial charge < -0.3 is 15.2 Å². The summed E-state index contributed by atoms with van der Waals surface area (Å²) in [5.74, 6) is -0.111. The molecule has 3 N–H and O–H groups in total. The first-order chi connectivity index (χ1) is 9.76. The summed E-state index contributed by atoms with van der Waals surface area (Å²) in [4.78, 5) is 14.3. The molecule has 0 saturated carbocycles. The standard InChI is InChI=1S/C13H20N4O3/c18-4-2-11-7-17-6-9(5-10(17)8-20-11)15-13(19)12-1-3-14-16-12/h1,3,9-11,18H,2,4-8H2,(H,14,16)(H,15,19)/t9-,10-,11-/m0/s1. The molecule has 1 aromatic rings. The quantitative estimate of drug-likeness (QED) is 0.683. The van der Waals surface area contributed by atoms with Crippen LogP contribution in [0.5, 0.6) is 0 Å². The Kier molecular flexibility index (Phi) is 4.00. The smallest absolute Gasteiger partial charge is 0.269 e. The molecule has 0 bridgehead atoms. The van der Waals surface area contributed by atoms with Crippen molar-refractivity contribution >= 4 is 5.91 Å². The largest absolute Gasteiger partial charge is 0.396 e. The number of rotatable bonds is 4. The molecule has 2 saturated heterocycles. The molecule has 20 heavy (non-hydrogen) atoms. The summed E-state index contributed by atoms with van der Waals surface area (Å²) >= 11 is 0. The lowest BCUT2D eigenvalue weighted by molar-refractivity contribution is -0.0566. The van der Waals surface area contributed by atoms with Gasteiger partial charge in [-0.05, 0) is 18.9 Å². The predicted molar refractivity (Wildman–Crippen MR) is 71.3 cm³/mol. The highest BCUT2D eigenvalue weighted by Crippen LogP contribution is 2.24. The Labute approximate surface area is 117 Å². The first-order valence-corrected chi connectivity index (χ1v) is 7.03. The van der Waals surface area contributed by atoms with E-state index in [0.29, 0.717) is 24.8 Å². The van der Waals surface area contributed by atoms with E-state index in [-0.39, 0.29) is 24.7 Å². The van der Waals surface area contributed by atoms with Crippen LogP contribution in [0.15, 0.2) is 12.3 Å². The van der Waals surface area contributed by atoms with Gasteiger partial charge in [0, 0.05) is 38.0 Å². The van der Waals surface area contributed by atoms with E-state index in [9.17, 15) is 4.79 Å². The molecule has 0 unspecified atom stereocenters. The van der Waals surface area contributed by atoms with Crippen LogP contribution >= 0.6 is 0 Å². The van der Waals surface area contributed by atoms with E-state index in [4.69, 9.17) is 9.84 Å². The number of nitrogens with one attached hydrogen (secondary N) is 2. The fourth-order valence-electron chi connectivity index (χ4n) is 3.01. The van der Waals surface area contributed by atoms with Crippen molar-refractivity contribution < 1.29 is 14.6 Å². The van der Waals surface area contributed by atoms with Crippen molar-refractivity contribution in [2.24, 2.45) is 0 Å². The van der Waals surface area contributed by atoms with E-state index in [0.717, 1.165) is 19.5 Å². The first-order valence-electron chi connectivity index (χ1n) is 7.03. The van der Waals surface area contributed by atoms with Crippen LogP contribution in [0.1, 0.15) is 23.3 Å². The second kappa shape index (κ2) is 5.90. The average molecular weight is 280 g/mol. The van der Waals surface area contributed by atoms with Crippen LogP contribution in [0.2, 0.25) is 0 Å². The molecule has 0 aromatic carbocycles. The molecule has 0 radical (unpaired) electrons. The number of carbonyl (C=O) groups is 1. The Morgan fingerprint density at radius 2 is 2.50 bits per heavy atom. The van der Waals surface area contributed by atoms with Gasteiger partial charge >= 0.3 is 0 Å². The number of fused-ring (bicyclic) bond motifs is 1. The van der Waals surface area contributed by atoms with Crippen molar-refractivity contribution in [1.29, 1.82) is 0 Å². The molecule has 3 heterocycles. The minimum Gasteiger partial charge on any atom is -0.396 e. The number of hydrogen-bond donors (Lipinski definition) is 3. The molecule has 0 spiro atoms. The fourth-order valence-corrected chi connectivity index (χ4v) is 3.01. The number of carbonyl (C=O) groups excluding carboxylic acids is 1. The fraction of sp³-hybridized carbons (Fsp3) is 0.692. The summed E-state index contributed by atoms with van der Waals surface area (Å²) in [6.45, 7) is 2.52. The van der Waals surface area contributed by atoms with E-state index < -0.39 is 0 Å². The maximum atomic E-state index is 12.0. The zero-order chi connectivity index (χ0) is 13.9. The number of aliphatic hydroxyl groups is 1. The third kappa shape index (κ3) is 2.84. The van der Waals surface area contributed by atoms with Gasteiger partial charge in [0.15, 0.2) is 0 Å². The highest BCUT2D eigenvalue weighted by atomic mass is 16.5. The van der Waals surface area contributed by atoms with Crippen molar-refractivity contribution in [2.45, 2.75) is 31.0 Å². The molecule has 3 rings (SSSR count). The summed E-state index contributed by atoms with van der Waals surface area (Å²) in [5, 5.41) is 18.4. The highest BCUT2D eigenvalue weighted by molar-refractivity contribution is 5.92. The summed E-state index contributed by atoms with van der Waals surface area (Å²) in [7, 11) is 0. The van der Waals surface area contributed by atoms with Crippen molar-refractivity contribution in [3.63, 3.8) is 0 Å². The number of H-pyrrole nitrogens is 1. The normalized spacial score (nSPS) is 30.1. The van der Waals surface area contributed by atoms with Crippen LogP contribution < -0.4 is 5.32 Å². The predicted octanol–water partition coefficient (Wildman–Crippen LogP) is -0.636. The molecule has 2 fully saturated rings. The minimum absolute atomic E-state index is 0.110. The van der Waals surface area contributed by atoms with Crippen LogP contribution in [0.3, 0.4) is 0 Å². The minimum atomic E-state index is -0.111. The zero-order valence-electron chi connectivity index (χ0n) is 11.3. The molecule has 2 aliphatic heterocycles. The second-order valence-electron chi connectivity index (χ2n) is 5.45. The Hall–Kier alpha value is -1.44. The molecule has 7 nitrogen and oxygen atoms in total. The lowest BCUT2D eigenvalue weighted by atomic mass is 10.1. The van der Waals surface area contributed by atoms with E-state index in [1.165, 1.54) is 0 Å². The summed E-state index contributed by atoms with van der Waals surface area (Å²) in [6, 6.07) is 2.18. The van der Waals surface area contributed by atoms with E-state index in [2.05, 4.69) is 20.4 Å². The highest BCUT2D eigenvalue weighted by Gasteiger charge is 2.37. The van der Waals surface area contributed by atoms with Gasteiger partial charge in [0.1, 0.15) is 5.69 Å². The maximum Gasteiger partial charge on any atom is 0.269 e. The number of hydrogen-bond acceptors (Lipinski definition) is 5. The third-order valence-corrected chi connectivity index (χ3v) is 4.02. The maximum absolute atomic E-state index is 12.0.